The zero-order valence-corrected chi connectivity index (χ0v) is 11.2. The number of amides is 1. The molecule has 1 unspecified atom stereocenters. The van der Waals surface area contributed by atoms with Crippen LogP contribution in [0.4, 0.5) is 0 Å². The van der Waals surface area contributed by atoms with E-state index in [1.165, 1.54) is 5.56 Å². The van der Waals surface area contributed by atoms with Gasteiger partial charge in [-0.1, -0.05) is 18.2 Å². The van der Waals surface area contributed by atoms with Crippen molar-refractivity contribution in [2.24, 2.45) is 0 Å². The highest BCUT2D eigenvalue weighted by Gasteiger charge is 2.24. The summed E-state index contributed by atoms with van der Waals surface area (Å²) in [6.45, 7) is 6.35. The van der Waals surface area contributed by atoms with E-state index in [9.17, 15) is 4.79 Å². The van der Waals surface area contributed by atoms with Crippen LogP contribution in [0.15, 0.2) is 24.3 Å². The van der Waals surface area contributed by atoms with Gasteiger partial charge >= 0.3 is 0 Å². The van der Waals surface area contributed by atoms with Gasteiger partial charge in [-0.05, 0) is 37.8 Å². The number of hydrogen-bond donors (Lipinski definition) is 0. The largest absolute Gasteiger partial charge is 0.493 e. The van der Waals surface area contributed by atoms with E-state index in [2.05, 4.69) is 6.07 Å². The van der Waals surface area contributed by atoms with Gasteiger partial charge in [-0.2, -0.15) is 0 Å². The molecule has 1 aliphatic heterocycles. The summed E-state index contributed by atoms with van der Waals surface area (Å²) in [5, 5.41) is 0. The first kappa shape index (κ1) is 12.9. The fourth-order valence-corrected chi connectivity index (χ4v) is 2.54. The van der Waals surface area contributed by atoms with Crippen LogP contribution in [0.2, 0.25) is 0 Å². The third-order valence-corrected chi connectivity index (χ3v) is 3.62. The first-order valence-electron chi connectivity index (χ1n) is 6.75. The van der Waals surface area contributed by atoms with Crippen molar-refractivity contribution in [3.63, 3.8) is 0 Å². The summed E-state index contributed by atoms with van der Waals surface area (Å²) in [6.07, 6.45) is 1.53. The van der Waals surface area contributed by atoms with Crippen LogP contribution < -0.4 is 4.74 Å². The van der Waals surface area contributed by atoms with E-state index < -0.39 is 0 Å². The molecule has 0 bridgehead atoms. The van der Waals surface area contributed by atoms with Crippen LogP contribution in [0.1, 0.15) is 38.2 Å². The Morgan fingerprint density at radius 1 is 1.33 bits per heavy atom. The topological polar surface area (TPSA) is 29.5 Å². The highest BCUT2D eigenvalue weighted by molar-refractivity contribution is 5.77. The fraction of sp³-hybridized carbons (Fsp3) is 0.533. The molecular formula is C15H21NO2. The SMILES string of the molecule is CCN(CC)C(=O)CC1CCOc2ccccc21. The van der Waals surface area contributed by atoms with Crippen molar-refractivity contribution >= 4 is 5.91 Å². The zero-order valence-electron chi connectivity index (χ0n) is 11.2. The molecule has 1 heterocycles. The highest BCUT2D eigenvalue weighted by Crippen LogP contribution is 2.35. The van der Waals surface area contributed by atoms with Crippen LogP contribution in [0.5, 0.6) is 5.75 Å². The summed E-state index contributed by atoms with van der Waals surface area (Å²) in [4.78, 5) is 14.1. The van der Waals surface area contributed by atoms with Crippen LogP contribution in [0.3, 0.4) is 0 Å². The molecule has 3 heteroatoms. The standard InChI is InChI=1S/C15H21NO2/c1-3-16(4-2)15(17)11-12-9-10-18-14-8-6-5-7-13(12)14/h5-8,12H,3-4,9-11H2,1-2H3. The lowest BCUT2D eigenvalue weighted by Gasteiger charge is -2.27. The van der Waals surface area contributed by atoms with Gasteiger partial charge in [0.25, 0.3) is 0 Å². The van der Waals surface area contributed by atoms with Crippen LogP contribution >= 0.6 is 0 Å². The molecule has 1 atom stereocenters. The van der Waals surface area contributed by atoms with Crippen molar-refractivity contribution in [1.29, 1.82) is 0 Å². The summed E-state index contributed by atoms with van der Waals surface area (Å²) in [5.41, 5.74) is 1.18. The Hall–Kier alpha value is -1.51. The van der Waals surface area contributed by atoms with Crippen molar-refractivity contribution in [1.82, 2.24) is 4.90 Å². The van der Waals surface area contributed by atoms with Crippen molar-refractivity contribution in [3.8, 4) is 5.75 Å². The van der Waals surface area contributed by atoms with Crippen molar-refractivity contribution in [2.75, 3.05) is 19.7 Å². The Bertz CT molecular complexity index is 413. The maximum Gasteiger partial charge on any atom is 0.223 e. The highest BCUT2D eigenvalue weighted by atomic mass is 16.5. The number of nitrogens with zero attached hydrogens (tertiary/aromatic N) is 1. The van der Waals surface area contributed by atoms with Gasteiger partial charge in [-0.15, -0.1) is 0 Å². The second-order valence-corrected chi connectivity index (χ2v) is 4.64. The molecule has 0 N–H and O–H groups in total. The van der Waals surface area contributed by atoms with Crippen LogP contribution in [-0.4, -0.2) is 30.5 Å². The molecule has 0 saturated carbocycles. The Kier molecular flexibility index (Phi) is 4.24. The van der Waals surface area contributed by atoms with Gasteiger partial charge in [0.1, 0.15) is 5.75 Å². The third kappa shape index (κ3) is 2.66. The van der Waals surface area contributed by atoms with E-state index in [-0.39, 0.29) is 5.91 Å². The monoisotopic (exact) mass is 247 g/mol. The minimum Gasteiger partial charge on any atom is -0.493 e. The Labute approximate surface area is 109 Å². The molecule has 0 aromatic heterocycles. The molecule has 0 radical (unpaired) electrons. The molecule has 2 rings (SSSR count). The van der Waals surface area contributed by atoms with Crippen molar-refractivity contribution < 1.29 is 9.53 Å². The van der Waals surface area contributed by atoms with E-state index >= 15 is 0 Å². The number of carbonyl (C=O) groups excluding carboxylic acids is 1. The van der Waals surface area contributed by atoms with Crippen molar-refractivity contribution in [2.45, 2.75) is 32.6 Å². The average Bonchev–Trinajstić information content (AvgIpc) is 2.40. The molecule has 1 aliphatic rings. The molecule has 0 saturated heterocycles. The summed E-state index contributed by atoms with van der Waals surface area (Å²) < 4.78 is 5.62. The minimum atomic E-state index is 0.252. The first-order chi connectivity index (χ1) is 8.76. The average molecular weight is 247 g/mol. The lowest BCUT2D eigenvalue weighted by atomic mass is 9.90. The molecular weight excluding hydrogens is 226 g/mol. The number of benzene rings is 1. The number of para-hydroxylation sites is 1. The quantitative estimate of drug-likeness (QED) is 0.818. The number of ether oxygens (including phenoxy) is 1. The molecule has 1 aromatic rings. The van der Waals surface area contributed by atoms with E-state index in [1.807, 2.05) is 36.9 Å². The van der Waals surface area contributed by atoms with Crippen LogP contribution in [0, 0.1) is 0 Å². The van der Waals surface area contributed by atoms with Gasteiger partial charge in [0, 0.05) is 19.5 Å². The van der Waals surface area contributed by atoms with E-state index in [4.69, 9.17) is 4.74 Å². The fourth-order valence-electron chi connectivity index (χ4n) is 2.54. The summed E-state index contributed by atoms with van der Waals surface area (Å²) in [6, 6.07) is 8.06. The minimum absolute atomic E-state index is 0.252. The molecule has 0 aliphatic carbocycles. The van der Waals surface area contributed by atoms with Crippen LogP contribution in [-0.2, 0) is 4.79 Å². The van der Waals surface area contributed by atoms with Gasteiger partial charge < -0.3 is 9.64 Å². The maximum absolute atomic E-state index is 12.2. The second-order valence-electron chi connectivity index (χ2n) is 4.64. The smallest absolute Gasteiger partial charge is 0.223 e. The molecule has 98 valence electrons. The summed E-state index contributed by atoms with van der Waals surface area (Å²) in [5.74, 6) is 1.51. The van der Waals surface area contributed by atoms with Gasteiger partial charge in [0.2, 0.25) is 5.91 Å². The number of hydrogen-bond acceptors (Lipinski definition) is 2. The predicted molar refractivity (Wildman–Crippen MR) is 71.8 cm³/mol. The normalized spacial score (nSPS) is 17.8. The first-order valence-corrected chi connectivity index (χ1v) is 6.75. The molecule has 0 fully saturated rings. The Balaban J connectivity index is 2.09. The summed E-state index contributed by atoms with van der Waals surface area (Å²) in [7, 11) is 0. The number of fused-ring (bicyclic) bond motifs is 1. The second kappa shape index (κ2) is 5.89. The zero-order chi connectivity index (χ0) is 13.0. The Morgan fingerprint density at radius 2 is 2.06 bits per heavy atom. The van der Waals surface area contributed by atoms with Gasteiger partial charge in [-0.3, -0.25) is 4.79 Å². The molecule has 18 heavy (non-hydrogen) atoms. The predicted octanol–water partition coefficient (Wildman–Crippen LogP) is 2.81. The van der Waals surface area contributed by atoms with Gasteiger partial charge in [0.15, 0.2) is 0 Å². The third-order valence-electron chi connectivity index (χ3n) is 3.62. The van der Waals surface area contributed by atoms with Gasteiger partial charge in [0.05, 0.1) is 6.61 Å². The molecule has 1 amide bonds. The van der Waals surface area contributed by atoms with E-state index in [1.54, 1.807) is 0 Å². The van der Waals surface area contributed by atoms with Crippen molar-refractivity contribution in [3.05, 3.63) is 29.8 Å². The molecule has 3 nitrogen and oxygen atoms in total. The van der Waals surface area contributed by atoms with E-state index in [0.717, 1.165) is 25.3 Å². The number of carbonyl (C=O) groups is 1. The lowest BCUT2D eigenvalue weighted by molar-refractivity contribution is -0.131. The number of rotatable bonds is 4. The summed E-state index contributed by atoms with van der Waals surface area (Å²) >= 11 is 0. The maximum atomic E-state index is 12.2. The molecule has 1 aromatic carbocycles. The van der Waals surface area contributed by atoms with Gasteiger partial charge in [-0.25, -0.2) is 0 Å². The van der Waals surface area contributed by atoms with Crippen LogP contribution in [0.25, 0.3) is 0 Å². The lowest BCUT2D eigenvalue weighted by Crippen LogP contribution is -2.32. The Morgan fingerprint density at radius 3 is 2.78 bits per heavy atom. The molecule has 0 spiro atoms. The van der Waals surface area contributed by atoms with E-state index in [0.29, 0.717) is 18.9 Å².